The molecule has 0 saturated heterocycles. The summed E-state index contributed by atoms with van der Waals surface area (Å²) < 4.78 is 12.9. The molecular weight excluding hydrogens is 253 g/mol. The van der Waals surface area contributed by atoms with Crippen molar-refractivity contribution in [2.45, 2.75) is 13.0 Å². The maximum atomic E-state index is 12.9. The first-order valence-electron chi connectivity index (χ1n) is 6.24. The number of amidine groups is 1. The molecule has 0 aliphatic heterocycles. The first-order valence-corrected chi connectivity index (χ1v) is 6.24. The van der Waals surface area contributed by atoms with Gasteiger partial charge in [0.1, 0.15) is 11.7 Å². The maximum Gasteiger partial charge on any atom is 0.182 e. The van der Waals surface area contributed by atoms with E-state index in [-0.39, 0.29) is 11.9 Å². The van der Waals surface area contributed by atoms with E-state index in [0.29, 0.717) is 11.4 Å². The van der Waals surface area contributed by atoms with Crippen LogP contribution in [0.25, 0.3) is 0 Å². The third-order valence-corrected chi connectivity index (χ3v) is 2.90. The fourth-order valence-electron chi connectivity index (χ4n) is 1.84. The largest absolute Gasteiger partial charge is 0.277 e. The van der Waals surface area contributed by atoms with Gasteiger partial charge in [-0.2, -0.15) is 5.26 Å². The fourth-order valence-corrected chi connectivity index (χ4v) is 1.84. The average Bonchev–Trinajstić information content (AvgIpc) is 2.48. The van der Waals surface area contributed by atoms with Crippen molar-refractivity contribution in [1.82, 2.24) is 5.32 Å². The van der Waals surface area contributed by atoms with Gasteiger partial charge in [0.15, 0.2) is 6.19 Å². The Morgan fingerprint density at radius 2 is 1.80 bits per heavy atom. The molecule has 2 aromatic carbocycles. The second-order valence-electron chi connectivity index (χ2n) is 4.31. The number of nitrogens with one attached hydrogen (secondary N) is 1. The van der Waals surface area contributed by atoms with Gasteiger partial charge in [-0.05, 0) is 36.8 Å². The van der Waals surface area contributed by atoms with Gasteiger partial charge >= 0.3 is 0 Å². The van der Waals surface area contributed by atoms with Crippen LogP contribution in [0.15, 0.2) is 59.6 Å². The Kier molecular flexibility index (Phi) is 4.46. The van der Waals surface area contributed by atoms with E-state index < -0.39 is 0 Å². The molecule has 0 aliphatic carbocycles. The van der Waals surface area contributed by atoms with Gasteiger partial charge in [-0.25, -0.2) is 4.39 Å². The average molecular weight is 267 g/mol. The minimum absolute atomic E-state index is 0.0999. The summed E-state index contributed by atoms with van der Waals surface area (Å²) in [6.07, 6.45) is 1.86. The molecule has 0 fully saturated rings. The molecular formula is C16H14FN3. The van der Waals surface area contributed by atoms with Crippen LogP contribution in [-0.2, 0) is 0 Å². The van der Waals surface area contributed by atoms with Gasteiger partial charge in [0.2, 0.25) is 0 Å². The lowest BCUT2D eigenvalue weighted by molar-refractivity contribution is 0.627. The van der Waals surface area contributed by atoms with E-state index in [0.717, 1.165) is 5.56 Å². The minimum Gasteiger partial charge on any atom is -0.277 e. The quantitative estimate of drug-likeness (QED) is 0.401. The first kappa shape index (κ1) is 13.8. The molecule has 3 nitrogen and oxygen atoms in total. The van der Waals surface area contributed by atoms with Crippen LogP contribution in [-0.4, -0.2) is 5.84 Å². The number of hydrogen-bond donors (Lipinski definition) is 1. The van der Waals surface area contributed by atoms with E-state index >= 15 is 0 Å². The van der Waals surface area contributed by atoms with Gasteiger partial charge < -0.3 is 0 Å². The van der Waals surface area contributed by atoms with Crippen LogP contribution in [0.1, 0.15) is 24.1 Å². The van der Waals surface area contributed by atoms with Crippen LogP contribution in [0.4, 0.5) is 4.39 Å². The molecule has 2 aromatic rings. The summed E-state index contributed by atoms with van der Waals surface area (Å²) in [7, 11) is 0. The molecule has 0 unspecified atom stereocenters. The molecule has 0 radical (unpaired) electrons. The summed E-state index contributed by atoms with van der Waals surface area (Å²) in [5.41, 5.74) is 1.72. The van der Waals surface area contributed by atoms with Crippen LogP contribution < -0.4 is 5.32 Å². The van der Waals surface area contributed by atoms with Crippen molar-refractivity contribution >= 4 is 5.84 Å². The third-order valence-electron chi connectivity index (χ3n) is 2.90. The van der Waals surface area contributed by atoms with Crippen molar-refractivity contribution in [3.05, 3.63) is 71.5 Å². The van der Waals surface area contributed by atoms with Crippen LogP contribution in [0, 0.1) is 17.3 Å². The number of rotatable bonds is 3. The Balaban J connectivity index is 2.31. The van der Waals surface area contributed by atoms with Crippen molar-refractivity contribution < 1.29 is 4.39 Å². The zero-order chi connectivity index (χ0) is 14.4. The number of benzene rings is 2. The number of aliphatic imine (C=N–C) groups is 1. The Morgan fingerprint density at radius 1 is 1.15 bits per heavy atom. The summed E-state index contributed by atoms with van der Waals surface area (Å²) in [6, 6.07) is 15.5. The highest BCUT2D eigenvalue weighted by Gasteiger charge is 2.08. The molecule has 0 spiro atoms. The van der Waals surface area contributed by atoms with E-state index in [1.807, 2.05) is 43.4 Å². The molecule has 20 heavy (non-hydrogen) atoms. The van der Waals surface area contributed by atoms with E-state index in [1.54, 1.807) is 12.1 Å². The lowest BCUT2D eigenvalue weighted by Crippen LogP contribution is -2.20. The smallest absolute Gasteiger partial charge is 0.182 e. The molecule has 0 aliphatic rings. The Morgan fingerprint density at radius 3 is 2.40 bits per heavy atom. The Bertz CT molecular complexity index is 627. The molecule has 2 rings (SSSR count). The van der Waals surface area contributed by atoms with E-state index in [2.05, 4.69) is 10.3 Å². The molecule has 1 N–H and O–H groups in total. The number of nitrogens with zero attached hydrogens (tertiary/aromatic N) is 2. The van der Waals surface area contributed by atoms with Crippen LogP contribution in [0.3, 0.4) is 0 Å². The lowest BCUT2D eigenvalue weighted by atomic mass is 10.1. The summed E-state index contributed by atoms with van der Waals surface area (Å²) in [4.78, 5) is 4.50. The standard InChI is InChI=1S/C16H14FN3/c1-12(13-5-3-2-4-6-13)20-16(19-11-18)14-7-9-15(17)10-8-14/h2-10,12H,1H3,(H,19,20)/t12-/m1/s1. The lowest BCUT2D eigenvalue weighted by Gasteiger charge is -2.10. The fraction of sp³-hybridized carbons (Fsp3) is 0.125. The van der Waals surface area contributed by atoms with E-state index in [9.17, 15) is 4.39 Å². The maximum absolute atomic E-state index is 12.9. The minimum atomic E-state index is -0.318. The summed E-state index contributed by atoms with van der Waals surface area (Å²) in [6.45, 7) is 1.94. The molecule has 0 aromatic heterocycles. The second kappa shape index (κ2) is 6.48. The van der Waals surface area contributed by atoms with Crippen molar-refractivity contribution in [1.29, 1.82) is 5.26 Å². The van der Waals surface area contributed by atoms with Crippen LogP contribution in [0.5, 0.6) is 0 Å². The molecule has 0 saturated carbocycles. The van der Waals surface area contributed by atoms with Gasteiger partial charge in [-0.15, -0.1) is 0 Å². The van der Waals surface area contributed by atoms with Crippen molar-refractivity contribution in [3.8, 4) is 6.19 Å². The third kappa shape index (κ3) is 3.42. The molecule has 4 heteroatoms. The zero-order valence-corrected chi connectivity index (χ0v) is 11.0. The van der Waals surface area contributed by atoms with Crippen molar-refractivity contribution in [2.75, 3.05) is 0 Å². The van der Waals surface area contributed by atoms with E-state index in [4.69, 9.17) is 5.26 Å². The molecule has 100 valence electrons. The molecule has 0 heterocycles. The Hall–Kier alpha value is -2.67. The van der Waals surface area contributed by atoms with Crippen LogP contribution >= 0.6 is 0 Å². The number of halogens is 1. The number of hydrogen-bond acceptors (Lipinski definition) is 2. The summed E-state index contributed by atoms with van der Waals surface area (Å²) in [5, 5.41) is 11.4. The van der Waals surface area contributed by atoms with Crippen LogP contribution in [0.2, 0.25) is 0 Å². The monoisotopic (exact) mass is 267 g/mol. The van der Waals surface area contributed by atoms with Crippen molar-refractivity contribution in [2.24, 2.45) is 4.99 Å². The Labute approximate surface area is 117 Å². The number of nitriles is 1. The van der Waals surface area contributed by atoms with E-state index in [1.165, 1.54) is 12.1 Å². The normalized spacial score (nSPS) is 12.6. The highest BCUT2D eigenvalue weighted by Crippen LogP contribution is 2.17. The zero-order valence-electron chi connectivity index (χ0n) is 11.0. The molecule has 0 bridgehead atoms. The highest BCUT2D eigenvalue weighted by molar-refractivity contribution is 5.99. The van der Waals surface area contributed by atoms with Gasteiger partial charge in [0.25, 0.3) is 0 Å². The molecule has 0 amide bonds. The predicted molar refractivity (Wildman–Crippen MR) is 76.5 cm³/mol. The predicted octanol–water partition coefficient (Wildman–Crippen LogP) is 3.40. The van der Waals surface area contributed by atoms with Crippen molar-refractivity contribution in [3.63, 3.8) is 0 Å². The van der Waals surface area contributed by atoms with Gasteiger partial charge in [0, 0.05) is 5.56 Å². The van der Waals surface area contributed by atoms with Gasteiger partial charge in [0.05, 0.1) is 6.04 Å². The topological polar surface area (TPSA) is 48.2 Å². The summed E-state index contributed by atoms with van der Waals surface area (Å²) in [5.74, 6) is 0.116. The highest BCUT2D eigenvalue weighted by atomic mass is 19.1. The first-order chi connectivity index (χ1) is 9.70. The SMILES string of the molecule is C[C@@H](N=C(NC#N)c1ccc(F)cc1)c1ccccc1. The second-order valence-corrected chi connectivity index (χ2v) is 4.31. The van der Waals surface area contributed by atoms with Gasteiger partial charge in [-0.1, -0.05) is 30.3 Å². The van der Waals surface area contributed by atoms with Gasteiger partial charge in [-0.3, -0.25) is 10.3 Å². The molecule has 1 atom stereocenters. The summed E-state index contributed by atoms with van der Waals surface area (Å²) >= 11 is 0.